The zero-order valence-corrected chi connectivity index (χ0v) is 19.6. The second-order valence-corrected chi connectivity index (χ2v) is 7.48. The highest BCUT2D eigenvalue weighted by Gasteiger charge is 2.28. The van der Waals surface area contributed by atoms with E-state index in [2.05, 4.69) is 51.5 Å². The minimum Gasteiger partial charge on any atom is -0.367 e. The summed E-state index contributed by atoms with van der Waals surface area (Å²) in [7, 11) is 1.81. The summed E-state index contributed by atoms with van der Waals surface area (Å²) in [6.07, 6.45) is 2.94. The summed E-state index contributed by atoms with van der Waals surface area (Å²) in [5, 5.41) is 4.75. The molecule has 0 bridgehead atoms. The molecule has 2 unspecified atom stereocenters. The molecule has 5 nitrogen and oxygen atoms in total. The Hall–Kier alpha value is -2.13. The van der Waals surface area contributed by atoms with Gasteiger partial charge < -0.3 is 19.9 Å². The van der Waals surface area contributed by atoms with Crippen LogP contribution in [-0.4, -0.2) is 48.6 Å². The number of benzene rings is 2. The third kappa shape index (κ3) is 5.13. The van der Waals surface area contributed by atoms with Crippen LogP contribution in [-0.2, 0) is 11.2 Å². The van der Waals surface area contributed by atoms with E-state index in [1.807, 2.05) is 6.07 Å². The van der Waals surface area contributed by atoms with Crippen molar-refractivity contribution in [3.05, 3.63) is 71.7 Å². The van der Waals surface area contributed by atoms with E-state index in [0.29, 0.717) is 6.54 Å². The monoisotopic (exact) mass is 522 g/mol. The van der Waals surface area contributed by atoms with Crippen molar-refractivity contribution < 1.29 is 9.13 Å². The van der Waals surface area contributed by atoms with Crippen molar-refractivity contribution in [2.24, 2.45) is 4.99 Å². The zero-order chi connectivity index (χ0) is 20.2. The van der Waals surface area contributed by atoms with Crippen LogP contribution in [0.3, 0.4) is 0 Å². The highest BCUT2D eigenvalue weighted by Crippen LogP contribution is 2.25. The zero-order valence-electron chi connectivity index (χ0n) is 17.3. The summed E-state index contributed by atoms with van der Waals surface area (Å²) in [5.41, 5.74) is 3.44. The first-order chi connectivity index (χ1) is 14.1. The Balaban J connectivity index is 0.00000256. The van der Waals surface area contributed by atoms with E-state index in [0.717, 1.165) is 36.6 Å². The van der Waals surface area contributed by atoms with Crippen LogP contribution in [0.1, 0.15) is 24.2 Å². The first-order valence-corrected chi connectivity index (χ1v) is 10.1. The number of aliphatic imine (C=N–C) groups is 1. The lowest BCUT2D eigenvalue weighted by Crippen LogP contribution is -2.51. The third-order valence-electron chi connectivity index (χ3n) is 5.37. The number of nitrogens with one attached hydrogen (secondary N) is 2. The number of hydrogen-bond donors (Lipinski definition) is 2. The van der Waals surface area contributed by atoms with Crippen molar-refractivity contribution in [2.45, 2.75) is 25.6 Å². The van der Waals surface area contributed by atoms with Crippen molar-refractivity contribution >= 4 is 40.8 Å². The van der Waals surface area contributed by atoms with Crippen LogP contribution in [0.5, 0.6) is 0 Å². The Labute approximate surface area is 193 Å². The van der Waals surface area contributed by atoms with Crippen molar-refractivity contribution in [2.75, 3.05) is 26.7 Å². The maximum absolute atomic E-state index is 13.3. The second kappa shape index (κ2) is 10.3. The molecule has 1 aromatic heterocycles. The number of ether oxygens (including phenoxy) is 1. The van der Waals surface area contributed by atoms with Gasteiger partial charge in [0, 0.05) is 37.2 Å². The summed E-state index contributed by atoms with van der Waals surface area (Å²) in [4.78, 5) is 10.0. The van der Waals surface area contributed by atoms with Gasteiger partial charge in [-0.15, -0.1) is 24.0 Å². The largest absolute Gasteiger partial charge is 0.367 e. The molecule has 1 aliphatic rings. The molecule has 7 heteroatoms. The average molecular weight is 522 g/mol. The Kier molecular flexibility index (Phi) is 7.71. The lowest BCUT2D eigenvalue weighted by atomic mass is 10.1. The Morgan fingerprint density at radius 3 is 2.73 bits per heavy atom. The minimum atomic E-state index is -0.232. The molecule has 0 spiro atoms. The molecule has 3 aromatic rings. The summed E-state index contributed by atoms with van der Waals surface area (Å²) in [5.74, 6) is 0.635. The number of hydrogen-bond acceptors (Lipinski definition) is 2. The van der Waals surface area contributed by atoms with Gasteiger partial charge in [0.05, 0.1) is 12.6 Å². The van der Waals surface area contributed by atoms with E-state index in [1.54, 1.807) is 19.2 Å². The number of fused-ring (bicyclic) bond motifs is 1. The fourth-order valence-electron chi connectivity index (χ4n) is 3.97. The van der Waals surface area contributed by atoms with Gasteiger partial charge in [-0.1, -0.05) is 30.3 Å². The summed E-state index contributed by atoms with van der Waals surface area (Å²) in [6.45, 7) is 4.30. The lowest BCUT2D eigenvalue weighted by Gasteiger charge is -2.38. The highest BCUT2D eigenvalue weighted by molar-refractivity contribution is 14.0. The first kappa shape index (κ1) is 22.6. The van der Waals surface area contributed by atoms with Crippen molar-refractivity contribution in [3.63, 3.8) is 0 Å². The molecule has 4 rings (SSSR count). The van der Waals surface area contributed by atoms with Gasteiger partial charge in [-0.2, -0.15) is 0 Å². The van der Waals surface area contributed by atoms with Crippen molar-refractivity contribution in [3.8, 4) is 0 Å². The van der Waals surface area contributed by atoms with Gasteiger partial charge in [0.25, 0.3) is 0 Å². The second-order valence-electron chi connectivity index (χ2n) is 7.48. The van der Waals surface area contributed by atoms with Gasteiger partial charge >= 0.3 is 0 Å². The number of halogens is 2. The molecule has 30 heavy (non-hydrogen) atoms. The number of rotatable bonds is 4. The van der Waals surface area contributed by atoms with Gasteiger partial charge in [-0.25, -0.2) is 4.39 Å². The molecular formula is C23H28FIN4O. The van der Waals surface area contributed by atoms with Gasteiger partial charge in [-0.05, 0) is 42.7 Å². The van der Waals surface area contributed by atoms with Gasteiger partial charge in [0.2, 0.25) is 0 Å². The number of aromatic amines is 1. The Morgan fingerprint density at radius 2 is 1.97 bits per heavy atom. The maximum atomic E-state index is 13.3. The van der Waals surface area contributed by atoms with Gasteiger partial charge in [-0.3, -0.25) is 4.99 Å². The first-order valence-electron chi connectivity index (χ1n) is 10.1. The molecule has 0 saturated carbocycles. The summed E-state index contributed by atoms with van der Waals surface area (Å²) >= 11 is 0. The molecule has 2 heterocycles. The van der Waals surface area contributed by atoms with Crippen LogP contribution in [0.4, 0.5) is 4.39 Å². The molecule has 1 aliphatic heterocycles. The predicted octanol–water partition coefficient (Wildman–Crippen LogP) is 4.50. The molecule has 160 valence electrons. The molecule has 2 N–H and O–H groups in total. The van der Waals surface area contributed by atoms with Gasteiger partial charge in [0.15, 0.2) is 5.96 Å². The number of para-hydroxylation sites is 1. The quantitative estimate of drug-likeness (QED) is 0.302. The minimum absolute atomic E-state index is 0. The molecule has 1 fully saturated rings. The van der Waals surface area contributed by atoms with E-state index < -0.39 is 0 Å². The molecule has 2 aromatic carbocycles. The summed E-state index contributed by atoms with van der Waals surface area (Å²) in [6, 6.07) is 14.9. The number of guanidine groups is 1. The highest BCUT2D eigenvalue weighted by atomic mass is 127. The maximum Gasteiger partial charge on any atom is 0.193 e. The van der Waals surface area contributed by atoms with Crippen LogP contribution < -0.4 is 5.32 Å². The average Bonchev–Trinajstić information content (AvgIpc) is 3.14. The normalized spacial score (nSPS) is 19.6. The smallest absolute Gasteiger partial charge is 0.193 e. The van der Waals surface area contributed by atoms with Crippen LogP contribution in [0.15, 0.2) is 59.7 Å². The van der Waals surface area contributed by atoms with Gasteiger partial charge in [0.1, 0.15) is 11.9 Å². The van der Waals surface area contributed by atoms with E-state index in [9.17, 15) is 4.39 Å². The Morgan fingerprint density at radius 1 is 1.20 bits per heavy atom. The SMILES string of the molecule is CN=C(NCCc1c[nH]c2ccccc12)N1CC(C)OC(c2ccc(F)cc2)C1.I. The lowest BCUT2D eigenvalue weighted by molar-refractivity contribution is -0.0604. The third-order valence-corrected chi connectivity index (χ3v) is 5.37. The van der Waals surface area contributed by atoms with Crippen molar-refractivity contribution in [1.29, 1.82) is 0 Å². The number of H-pyrrole nitrogens is 1. The summed E-state index contributed by atoms with van der Waals surface area (Å²) < 4.78 is 19.4. The molecular weight excluding hydrogens is 494 g/mol. The standard InChI is InChI=1S/C23H27FN4O.HI/c1-16-14-28(15-22(29-16)17-7-9-19(24)10-8-17)23(25-2)26-12-11-18-13-27-21-6-4-3-5-20(18)21;/h3-10,13,16,22,27H,11-12,14-15H2,1-2H3,(H,25,26);1H. The van der Waals surface area contributed by atoms with Crippen LogP contribution in [0.2, 0.25) is 0 Å². The molecule has 0 amide bonds. The van der Waals surface area contributed by atoms with Crippen LogP contribution >= 0.6 is 24.0 Å². The molecule has 2 atom stereocenters. The van der Waals surface area contributed by atoms with Crippen LogP contribution in [0, 0.1) is 5.82 Å². The number of nitrogens with zero attached hydrogens (tertiary/aromatic N) is 2. The fraction of sp³-hybridized carbons (Fsp3) is 0.348. The van der Waals surface area contributed by atoms with E-state index in [1.165, 1.54) is 23.1 Å². The molecule has 0 aliphatic carbocycles. The molecule has 1 saturated heterocycles. The fourth-order valence-corrected chi connectivity index (χ4v) is 3.97. The predicted molar refractivity (Wildman–Crippen MR) is 130 cm³/mol. The topological polar surface area (TPSA) is 52.7 Å². The van der Waals surface area contributed by atoms with Crippen LogP contribution in [0.25, 0.3) is 10.9 Å². The van der Waals surface area contributed by atoms with E-state index in [4.69, 9.17) is 4.74 Å². The Bertz CT molecular complexity index is 988. The number of aromatic nitrogens is 1. The van der Waals surface area contributed by atoms with Crippen molar-refractivity contribution in [1.82, 2.24) is 15.2 Å². The number of morpholine rings is 1. The molecule has 0 radical (unpaired) electrons. The van der Waals surface area contributed by atoms with E-state index in [-0.39, 0.29) is 42.0 Å². The van der Waals surface area contributed by atoms with E-state index >= 15 is 0 Å².